The van der Waals surface area contributed by atoms with Crippen LogP contribution in [0.25, 0.3) is 11.4 Å². The first-order chi connectivity index (χ1) is 26.4. The Morgan fingerprint density at radius 2 is 1.27 bits per heavy atom. The molecule has 0 aliphatic heterocycles. The predicted octanol–water partition coefficient (Wildman–Crippen LogP) is 5.90. The van der Waals surface area contributed by atoms with Crippen molar-refractivity contribution in [1.29, 1.82) is 0 Å². The number of benzene rings is 4. The van der Waals surface area contributed by atoms with E-state index >= 15 is 0 Å². The molecule has 6 N–H and O–H groups in total. The van der Waals surface area contributed by atoms with Gasteiger partial charge in [-0.15, -0.1) is 0 Å². The van der Waals surface area contributed by atoms with Crippen LogP contribution >= 0.6 is 11.6 Å². The number of carbonyl (C=O) groups is 4. The summed E-state index contributed by atoms with van der Waals surface area (Å²) in [5, 5.41) is 14.5. The number of nitrogen functional groups attached to an aromatic ring is 2. The fourth-order valence-corrected chi connectivity index (χ4v) is 5.98. The number of halogens is 1. The predicted molar refractivity (Wildman–Crippen MR) is 211 cm³/mol. The highest BCUT2D eigenvalue weighted by Crippen LogP contribution is 2.27. The molecule has 1 aliphatic carbocycles. The molecule has 2 heterocycles. The van der Waals surface area contributed by atoms with Crippen molar-refractivity contribution >= 4 is 46.6 Å². The van der Waals surface area contributed by atoms with E-state index in [1.807, 2.05) is 26.0 Å². The zero-order valence-corrected chi connectivity index (χ0v) is 31.3. The number of aryl methyl sites for hydroxylation is 2. The third kappa shape index (κ3) is 8.11. The first-order valence-corrected chi connectivity index (χ1v) is 17.7. The number of amides is 2. The Bertz CT molecular complexity index is 2450. The number of methoxy groups -OCH3 is 1. The molecular weight excluding hydrogens is 720 g/mol. The summed E-state index contributed by atoms with van der Waals surface area (Å²) in [6.07, 6.45) is 4.90. The lowest BCUT2D eigenvalue weighted by atomic mass is 10.1. The molecule has 13 nitrogen and oxygen atoms in total. The first-order valence-electron chi connectivity index (χ1n) is 17.3. The molecule has 0 atom stereocenters. The monoisotopic (exact) mass is 758 g/mol. The number of ether oxygens (including phenoxy) is 1. The van der Waals surface area contributed by atoms with Crippen molar-refractivity contribution in [3.63, 3.8) is 0 Å². The normalized spacial score (nSPS) is 11.9. The van der Waals surface area contributed by atoms with Gasteiger partial charge in [-0.2, -0.15) is 10.2 Å². The number of hydrogen-bond acceptors (Lipinski definition) is 9. The number of anilines is 2. The van der Waals surface area contributed by atoms with Crippen LogP contribution in [0.5, 0.6) is 5.75 Å². The molecule has 2 amide bonds. The summed E-state index contributed by atoms with van der Waals surface area (Å²) < 4.78 is 8.11. The molecule has 0 spiro atoms. The van der Waals surface area contributed by atoms with E-state index in [9.17, 15) is 19.2 Å². The number of rotatable bonds is 10. The highest BCUT2D eigenvalue weighted by Gasteiger charge is 2.25. The largest absolute Gasteiger partial charge is 0.497 e. The summed E-state index contributed by atoms with van der Waals surface area (Å²) >= 11 is 6.14. The molecule has 7 rings (SSSR count). The van der Waals surface area contributed by atoms with Crippen molar-refractivity contribution in [2.45, 2.75) is 32.7 Å². The van der Waals surface area contributed by atoms with E-state index < -0.39 is 0 Å². The average molecular weight is 759 g/mol. The van der Waals surface area contributed by atoms with Gasteiger partial charge in [-0.1, -0.05) is 48.0 Å². The van der Waals surface area contributed by atoms with Crippen LogP contribution in [-0.4, -0.2) is 63.1 Å². The second kappa shape index (κ2) is 16.1. The quantitative estimate of drug-likeness (QED) is 0.123. The lowest BCUT2D eigenvalue weighted by molar-refractivity contribution is 0.0946. The topological polar surface area (TPSA) is 189 Å². The molecule has 0 bridgehead atoms. The van der Waals surface area contributed by atoms with E-state index in [0.717, 1.165) is 24.0 Å². The summed E-state index contributed by atoms with van der Waals surface area (Å²) in [4.78, 5) is 50.0. The molecule has 0 saturated heterocycles. The molecule has 280 valence electrons. The van der Waals surface area contributed by atoms with Crippen molar-refractivity contribution in [1.82, 2.24) is 30.2 Å². The third-order valence-electron chi connectivity index (χ3n) is 9.09. The number of nitrogens with zero attached hydrogens (tertiary/aromatic N) is 4. The fourth-order valence-electron chi connectivity index (χ4n) is 5.76. The molecule has 1 aliphatic rings. The van der Waals surface area contributed by atoms with E-state index in [2.05, 4.69) is 20.8 Å². The lowest BCUT2D eigenvalue weighted by Gasteiger charge is -2.11. The Labute approximate surface area is 322 Å². The molecule has 6 aromatic rings. The molecule has 14 heteroatoms. The molecule has 0 unspecified atom stereocenters. The summed E-state index contributed by atoms with van der Waals surface area (Å²) in [7, 11) is 3.10. The van der Waals surface area contributed by atoms with Crippen LogP contribution in [0, 0.1) is 13.8 Å². The van der Waals surface area contributed by atoms with Gasteiger partial charge < -0.3 is 26.8 Å². The summed E-state index contributed by atoms with van der Waals surface area (Å²) in [5.74, 6) is 0.109. The van der Waals surface area contributed by atoms with Gasteiger partial charge in [0.1, 0.15) is 17.4 Å². The number of hydrogen-bond donors (Lipinski definition) is 4. The van der Waals surface area contributed by atoms with E-state index in [-0.39, 0.29) is 52.2 Å². The fraction of sp³-hybridized carbons (Fsp3) is 0.171. The maximum absolute atomic E-state index is 12.8. The van der Waals surface area contributed by atoms with Gasteiger partial charge in [0.25, 0.3) is 11.8 Å². The van der Waals surface area contributed by atoms with Crippen LogP contribution in [0.4, 0.5) is 11.6 Å². The molecule has 1 fully saturated rings. The first kappa shape index (κ1) is 38.0. The van der Waals surface area contributed by atoms with E-state index in [1.165, 1.54) is 28.9 Å². The van der Waals surface area contributed by atoms with Gasteiger partial charge in [-0.25, -0.2) is 9.36 Å². The van der Waals surface area contributed by atoms with Crippen LogP contribution in [0.3, 0.4) is 0 Å². The van der Waals surface area contributed by atoms with Gasteiger partial charge in [-0.3, -0.25) is 19.2 Å². The van der Waals surface area contributed by atoms with Gasteiger partial charge in [0.2, 0.25) is 0 Å². The Morgan fingerprint density at radius 1 is 0.709 bits per heavy atom. The zero-order chi connectivity index (χ0) is 39.4. The maximum atomic E-state index is 12.8. The second-order valence-electron chi connectivity index (χ2n) is 12.9. The van der Waals surface area contributed by atoms with Crippen molar-refractivity contribution < 1.29 is 23.9 Å². The Balaban J connectivity index is 0.000000187. The minimum Gasteiger partial charge on any atom is -0.497 e. The van der Waals surface area contributed by atoms with Crippen LogP contribution < -0.4 is 26.8 Å². The number of aromatic nitrogens is 4. The van der Waals surface area contributed by atoms with Gasteiger partial charge in [0, 0.05) is 35.3 Å². The summed E-state index contributed by atoms with van der Waals surface area (Å²) in [6.45, 7) is 3.78. The third-order valence-corrected chi connectivity index (χ3v) is 9.42. The molecule has 2 aromatic heterocycles. The Morgan fingerprint density at radius 3 is 1.82 bits per heavy atom. The zero-order valence-electron chi connectivity index (χ0n) is 30.6. The molecule has 55 heavy (non-hydrogen) atoms. The maximum Gasteiger partial charge on any atom is 0.251 e. The Kier molecular flexibility index (Phi) is 11.1. The SMILES string of the molecule is CNC(=O)c1ccc(C)c(-n2ncc(C(=O)c3cccc(OC)c3)c2N)c1.Cc1ccc(C(=O)NC2CC2)cc1-n1ncc(C(=O)c2ccccc2Cl)c1N. The lowest BCUT2D eigenvalue weighted by Crippen LogP contribution is -2.25. The van der Waals surface area contributed by atoms with Crippen LogP contribution in [0.1, 0.15) is 76.5 Å². The number of ketones is 2. The number of nitrogens with one attached hydrogen (secondary N) is 2. The van der Waals surface area contributed by atoms with Gasteiger partial charge in [0.15, 0.2) is 11.6 Å². The summed E-state index contributed by atoms with van der Waals surface area (Å²) in [5.41, 5.74) is 17.9. The number of carbonyl (C=O) groups excluding carboxylic acids is 4. The minimum absolute atomic E-state index is 0.123. The highest BCUT2D eigenvalue weighted by molar-refractivity contribution is 6.35. The highest BCUT2D eigenvalue weighted by atomic mass is 35.5. The molecule has 0 radical (unpaired) electrons. The Hall–Kier alpha value is -6.73. The van der Waals surface area contributed by atoms with Gasteiger partial charge in [-0.05, 0) is 86.3 Å². The van der Waals surface area contributed by atoms with E-state index in [1.54, 1.807) is 79.8 Å². The van der Waals surface area contributed by atoms with Crippen LogP contribution in [-0.2, 0) is 0 Å². The van der Waals surface area contributed by atoms with Crippen LogP contribution in [0.15, 0.2) is 97.3 Å². The van der Waals surface area contributed by atoms with E-state index in [4.69, 9.17) is 27.8 Å². The van der Waals surface area contributed by atoms with Crippen molar-refractivity contribution in [2.24, 2.45) is 0 Å². The molecule has 4 aromatic carbocycles. The average Bonchev–Trinajstić information content (AvgIpc) is 3.81. The smallest absolute Gasteiger partial charge is 0.251 e. The number of nitrogens with two attached hydrogens (primary N) is 2. The van der Waals surface area contributed by atoms with Crippen molar-refractivity contribution in [3.05, 3.63) is 147 Å². The van der Waals surface area contributed by atoms with Crippen molar-refractivity contribution in [2.75, 3.05) is 25.6 Å². The standard InChI is InChI=1S/C21H19ClN4O2.C20H20N4O3/c1-12-6-7-13(21(28)25-14-8-9-14)10-18(12)26-20(23)16(11-24-26)19(27)15-4-2-3-5-17(15)22;1-12-7-8-14(20(26)22-2)10-17(12)24-19(21)16(11-23-24)18(25)13-5-4-6-15(9-13)27-3/h2-7,10-11,14H,8-9,23H2,1H3,(H,25,28);4-11H,21H2,1-3H3,(H,22,26). The molecule has 1 saturated carbocycles. The van der Waals surface area contributed by atoms with Gasteiger partial charge in [0.05, 0.1) is 47.0 Å². The molecular formula is C41H39ClN8O5. The van der Waals surface area contributed by atoms with Gasteiger partial charge >= 0.3 is 0 Å². The summed E-state index contributed by atoms with van der Waals surface area (Å²) in [6, 6.07) is 24.5. The van der Waals surface area contributed by atoms with Crippen LogP contribution in [0.2, 0.25) is 5.02 Å². The van der Waals surface area contributed by atoms with E-state index in [0.29, 0.717) is 44.4 Å². The second-order valence-corrected chi connectivity index (χ2v) is 13.3. The minimum atomic E-state index is -0.297. The van der Waals surface area contributed by atoms with Crippen molar-refractivity contribution in [3.8, 4) is 17.1 Å².